The van der Waals surface area contributed by atoms with Crippen molar-refractivity contribution in [3.05, 3.63) is 59.7 Å². The van der Waals surface area contributed by atoms with E-state index in [1.54, 1.807) is 18.2 Å². The second kappa shape index (κ2) is 7.29. The molecule has 23 heavy (non-hydrogen) atoms. The number of hydrogen-bond acceptors (Lipinski definition) is 3. The number of ether oxygens (including phenoxy) is 1. The first-order valence-electron chi connectivity index (χ1n) is 7.72. The summed E-state index contributed by atoms with van der Waals surface area (Å²) in [6, 6.07) is 14.9. The summed E-state index contributed by atoms with van der Waals surface area (Å²) in [4.78, 5) is 12.6. The van der Waals surface area contributed by atoms with Crippen LogP contribution < -0.4 is 10.1 Å². The van der Waals surface area contributed by atoms with Crippen molar-refractivity contribution in [2.45, 2.75) is 32.8 Å². The van der Waals surface area contributed by atoms with Gasteiger partial charge in [0.25, 0.3) is 0 Å². The van der Waals surface area contributed by atoms with Gasteiger partial charge >= 0.3 is 0 Å². The van der Waals surface area contributed by atoms with E-state index in [1.165, 1.54) is 0 Å². The monoisotopic (exact) mass is 313 g/mol. The van der Waals surface area contributed by atoms with Crippen LogP contribution in [0.3, 0.4) is 0 Å². The van der Waals surface area contributed by atoms with Gasteiger partial charge in [-0.25, -0.2) is 0 Å². The maximum atomic E-state index is 12.6. The molecule has 0 aliphatic carbocycles. The van der Waals surface area contributed by atoms with Crippen LogP contribution in [0.5, 0.6) is 5.75 Å². The first kappa shape index (κ1) is 17.0. The lowest BCUT2D eigenvalue weighted by Crippen LogP contribution is -2.34. The third kappa shape index (κ3) is 3.90. The third-order valence-corrected chi connectivity index (χ3v) is 3.85. The second-order valence-corrected chi connectivity index (χ2v) is 5.86. The predicted octanol–water partition coefficient (Wildman–Crippen LogP) is 3.49. The SMILES string of the molecule is CCOc1ccc(NC(=O)C(C)(C)c2ccccc2)cc1CO. The molecule has 4 heteroatoms. The van der Waals surface area contributed by atoms with E-state index in [9.17, 15) is 9.90 Å². The highest BCUT2D eigenvalue weighted by Gasteiger charge is 2.29. The molecule has 0 heterocycles. The predicted molar refractivity (Wildman–Crippen MR) is 91.6 cm³/mol. The van der Waals surface area contributed by atoms with Crippen molar-refractivity contribution in [1.82, 2.24) is 0 Å². The van der Waals surface area contributed by atoms with Gasteiger partial charge in [0.05, 0.1) is 18.6 Å². The Hall–Kier alpha value is -2.33. The maximum Gasteiger partial charge on any atom is 0.234 e. The van der Waals surface area contributed by atoms with Crippen molar-refractivity contribution in [3.63, 3.8) is 0 Å². The Bertz CT molecular complexity index is 666. The Morgan fingerprint density at radius 1 is 1.17 bits per heavy atom. The van der Waals surface area contributed by atoms with Gasteiger partial charge in [0.2, 0.25) is 5.91 Å². The Balaban J connectivity index is 2.20. The molecular weight excluding hydrogens is 290 g/mol. The molecule has 2 N–H and O–H groups in total. The fourth-order valence-corrected chi connectivity index (χ4v) is 2.35. The molecule has 0 atom stereocenters. The standard InChI is InChI=1S/C19H23NO3/c1-4-23-17-11-10-16(12-14(17)13-21)20-18(22)19(2,3)15-8-6-5-7-9-15/h5-12,21H,4,13H2,1-3H3,(H,20,22). The van der Waals surface area contributed by atoms with Crippen molar-refractivity contribution in [2.75, 3.05) is 11.9 Å². The molecule has 2 aromatic rings. The van der Waals surface area contributed by atoms with Crippen molar-refractivity contribution in [1.29, 1.82) is 0 Å². The lowest BCUT2D eigenvalue weighted by molar-refractivity contribution is -0.120. The number of rotatable bonds is 6. The van der Waals surface area contributed by atoms with E-state index in [0.29, 0.717) is 23.6 Å². The molecule has 2 aromatic carbocycles. The highest BCUT2D eigenvalue weighted by atomic mass is 16.5. The number of hydrogen-bond donors (Lipinski definition) is 2. The van der Waals surface area contributed by atoms with Crippen molar-refractivity contribution in [3.8, 4) is 5.75 Å². The molecule has 0 saturated carbocycles. The number of carbonyl (C=O) groups is 1. The van der Waals surface area contributed by atoms with Crippen LogP contribution in [0.25, 0.3) is 0 Å². The second-order valence-electron chi connectivity index (χ2n) is 5.86. The zero-order valence-electron chi connectivity index (χ0n) is 13.8. The molecule has 2 rings (SSSR count). The molecule has 0 spiro atoms. The van der Waals surface area contributed by atoms with E-state index in [1.807, 2.05) is 51.1 Å². The van der Waals surface area contributed by atoms with E-state index in [0.717, 1.165) is 5.56 Å². The number of carbonyl (C=O) groups excluding carboxylic acids is 1. The van der Waals surface area contributed by atoms with Crippen molar-refractivity contribution in [2.24, 2.45) is 0 Å². The Morgan fingerprint density at radius 3 is 2.48 bits per heavy atom. The molecule has 0 fully saturated rings. The first-order valence-corrected chi connectivity index (χ1v) is 7.72. The minimum atomic E-state index is -0.654. The van der Waals surface area contributed by atoms with Crippen LogP contribution in [0.2, 0.25) is 0 Å². The van der Waals surface area contributed by atoms with Gasteiger partial charge in [-0.2, -0.15) is 0 Å². The van der Waals surface area contributed by atoms with Gasteiger partial charge in [-0.15, -0.1) is 0 Å². The van der Waals surface area contributed by atoms with Gasteiger partial charge in [-0.3, -0.25) is 4.79 Å². The average molecular weight is 313 g/mol. The average Bonchev–Trinajstić information content (AvgIpc) is 2.57. The number of aliphatic hydroxyl groups excluding tert-OH is 1. The van der Waals surface area contributed by atoms with Crippen LogP contribution in [-0.2, 0) is 16.8 Å². The summed E-state index contributed by atoms with van der Waals surface area (Å²) in [5.41, 5.74) is 1.60. The number of benzene rings is 2. The number of nitrogens with one attached hydrogen (secondary N) is 1. The van der Waals surface area contributed by atoms with E-state index in [2.05, 4.69) is 5.32 Å². The van der Waals surface area contributed by atoms with Gasteiger partial charge in [0.1, 0.15) is 5.75 Å². The maximum absolute atomic E-state index is 12.6. The molecule has 0 aliphatic rings. The summed E-state index contributed by atoms with van der Waals surface area (Å²) in [6.45, 7) is 6.05. The Morgan fingerprint density at radius 2 is 1.87 bits per heavy atom. The Kier molecular flexibility index (Phi) is 5.40. The Labute approximate surface area is 137 Å². The van der Waals surface area contributed by atoms with E-state index in [-0.39, 0.29) is 12.5 Å². The van der Waals surface area contributed by atoms with Gasteiger partial charge in [0, 0.05) is 11.3 Å². The third-order valence-electron chi connectivity index (χ3n) is 3.85. The minimum Gasteiger partial charge on any atom is -0.494 e. The fraction of sp³-hybridized carbons (Fsp3) is 0.316. The van der Waals surface area contributed by atoms with Crippen LogP contribution in [-0.4, -0.2) is 17.6 Å². The number of aliphatic hydroxyl groups is 1. The summed E-state index contributed by atoms with van der Waals surface area (Å²) in [5.74, 6) is 0.534. The largest absolute Gasteiger partial charge is 0.494 e. The summed E-state index contributed by atoms with van der Waals surface area (Å²) < 4.78 is 5.45. The number of amides is 1. The first-order chi connectivity index (χ1) is 11.0. The summed E-state index contributed by atoms with van der Waals surface area (Å²) in [5, 5.41) is 12.4. The van der Waals surface area contributed by atoms with Gasteiger partial charge in [0.15, 0.2) is 0 Å². The van der Waals surface area contributed by atoms with E-state index in [4.69, 9.17) is 4.74 Å². The van der Waals surface area contributed by atoms with Crippen LogP contribution in [0.4, 0.5) is 5.69 Å². The minimum absolute atomic E-state index is 0.100. The topological polar surface area (TPSA) is 58.6 Å². The molecule has 0 radical (unpaired) electrons. The van der Waals surface area contributed by atoms with Crippen LogP contribution in [0, 0.1) is 0 Å². The highest BCUT2D eigenvalue weighted by Crippen LogP contribution is 2.27. The van der Waals surface area contributed by atoms with E-state index >= 15 is 0 Å². The van der Waals surface area contributed by atoms with E-state index < -0.39 is 5.41 Å². The van der Waals surface area contributed by atoms with Crippen LogP contribution in [0.1, 0.15) is 31.9 Å². The van der Waals surface area contributed by atoms with Gasteiger partial charge < -0.3 is 15.2 Å². The molecule has 1 amide bonds. The normalized spacial score (nSPS) is 11.1. The quantitative estimate of drug-likeness (QED) is 0.858. The van der Waals surface area contributed by atoms with Crippen molar-refractivity contribution < 1.29 is 14.6 Å². The molecule has 0 saturated heterocycles. The highest BCUT2D eigenvalue weighted by molar-refractivity contribution is 5.98. The zero-order valence-corrected chi connectivity index (χ0v) is 13.8. The smallest absolute Gasteiger partial charge is 0.234 e. The van der Waals surface area contributed by atoms with Gasteiger partial charge in [-0.05, 0) is 44.5 Å². The molecule has 0 aromatic heterocycles. The zero-order chi connectivity index (χ0) is 16.9. The van der Waals surface area contributed by atoms with Crippen LogP contribution in [0.15, 0.2) is 48.5 Å². The molecule has 4 nitrogen and oxygen atoms in total. The fourth-order valence-electron chi connectivity index (χ4n) is 2.35. The molecular formula is C19H23NO3. The van der Waals surface area contributed by atoms with Crippen molar-refractivity contribution >= 4 is 11.6 Å². The number of anilines is 1. The van der Waals surface area contributed by atoms with Crippen LogP contribution >= 0.6 is 0 Å². The summed E-state index contributed by atoms with van der Waals surface area (Å²) in [7, 11) is 0. The summed E-state index contributed by atoms with van der Waals surface area (Å²) >= 11 is 0. The lowest BCUT2D eigenvalue weighted by Gasteiger charge is -2.24. The molecule has 122 valence electrons. The summed E-state index contributed by atoms with van der Waals surface area (Å²) in [6.07, 6.45) is 0. The van der Waals surface area contributed by atoms with Gasteiger partial charge in [-0.1, -0.05) is 30.3 Å². The molecule has 0 bridgehead atoms. The molecule has 0 aliphatic heterocycles. The molecule has 0 unspecified atom stereocenters. The lowest BCUT2D eigenvalue weighted by atomic mass is 9.83.